The zero-order chi connectivity index (χ0) is 9.19. The largest absolute Gasteiger partial charge is 0.379 e. The second-order valence-corrected chi connectivity index (χ2v) is 4.93. The second kappa shape index (κ2) is 3.54. The van der Waals surface area contributed by atoms with Crippen LogP contribution in [0, 0.1) is 0 Å². The summed E-state index contributed by atoms with van der Waals surface area (Å²) in [6, 6.07) is 0. The molecule has 0 radical (unpaired) electrons. The lowest BCUT2D eigenvalue weighted by atomic mass is 9.98. The molecule has 0 unspecified atom stereocenters. The summed E-state index contributed by atoms with van der Waals surface area (Å²) >= 11 is 1.73. The molecule has 0 N–H and O–H groups in total. The van der Waals surface area contributed by atoms with Crippen molar-refractivity contribution < 1.29 is 4.74 Å². The first-order valence-corrected chi connectivity index (χ1v) is 4.80. The van der Waals surface area contributed by atoms with E-state index in [2.05, 4.69) is 25.8 Å². The van der Waals surface area contributed by atoms with Gasteiger partial charge in [-0.15, -0.1) is 11.3 Å². The molecule has 0 saturated heterocycles. The highest BCUT2D eigenvalue weighted by Crippen LogP contribution is 2.26. The van der Waals surface area contributed by atoms with E-state index in [0.29, 0.717) is 6.61 Å². The van der Waals surface area contributed by atoms with Gasteiger partial charge in [-0.25, -0.2) is 4.98 Å². The Morgan fingerprint density at radius 3 is 2.58 bits per heavy atom. The van der Waals surface area contributed by atoms with E-state index in [1.54, 1.807) is 18.4 Å². The monoisotopic (exact) mass is 185 g/mol. The number of rotatable bonds is 2. The number of thiazole rings is 1. The van der Waals surface area contributed by atoms with Gasteiger partial charge in [-0.3, -0.25) is 0 Å². The van der Waals surface area contributed by atoms with Crippen LogP contribution in [0.4, 0.5) is 0 Å². The minimum atomic E-state index is 0.163. The fourth-order valence-electron chi connectivity index (χ4n) is 0.863. The van der Waals surface area contributed by atoms with Gasteiger partial charge >= 0.3 is 0 Å². The summed E-state index contributed by atoms with van der Waals surface area (Å²) in [4.78, 5) is 5.54. The summed E-state index contributed by atoms with van der Waals surface area (Å²) in [6.07, 6.45) is 1.90. The van der Waals surface area contributed by atoms with Gasteiger partial charge in [0.1, 0.15) is 0 Å². The molecule has 0 saturated carbocycles. The molecule has 0 spiro atoms. The number of ether oxygens (including phenoxy) is 1. The van der Waals surface area contributed by atoms with Crippen LogP contribution in [0.25, 0.3) is 0 Å². The number of nitrogens with zero attached hydrogens (tertiary/aromatic N) is 1. The highest BCUT2D eigenvalue weighted by molar-refractivity contribution is 7.11. The summed E-state index contributed by atoms with van der Waals surface area (Å²) in [5.41, 5.74) is 0.163. The quantitative estimate of drug-likeness (QED) is 0.706. The van der Waals surface area contributed by atoms with Crippen molar-refractivity contribution in [3.63, 3.8) is 0 Å². The van der Waals surface area contributed by atoms with Gasteiger partial charge in [0.05, 0.1) is 16.5 Å². The number of aromatic nitrogens is 1. The molecule has 0 atom stereocenters. The molecule has 0 bridgehead atoms. The van der Waals surface area contributed by atoms with E-state index < -0.39 is 0 Å². The smallest absolute Gasteiger partial charge is 0.0982 e. The third-order valence-corrected chi connectivity index (χ3v) is 2.88. The molecule has 0 aliphatic carbocycles. The SMILES string of the molecule is COCc1cnc(C(C)(C)C)s1. The van der Waals surface area contributed by atoms with Crippen LogP contribution in [0.5, 0.6) is 0 Å². The molecule has 3 heteroatoms. The Balaban J connectivity index is 2.77. The predicted molar refractivity (Wildman–Crippen MR) is 51.5 cm³/mol. The fraction of sp³-hybridized carbons (Fsp3) is 0.667. The first-order valence-electron chi connectivity index (χ1n) is 3.98. The van der Waals surface area contributed by atoms with Crippen LogP contribution in [0.2, 0.25) is 0 Å². The Morgan fingerprint density at radius 2 is 2.17 bits per heavy atom. The lowest BCUT2D eigenvalue weighted by Gasteiger charge is -2.13. The zero-order valence-corrected chi connectivity index (χ0v) is 8.86. The number of methoxy groups -OCH3 is 1. The molecule has 0 aromatic carbocycles. The molecule has 1 heterocycles. The van der Waals surface area contributed by atoms with Gasteiger partial charge in [0, 0.05) is 18.7 Å². The molecule has 0 fully saturated rings. The van der Waals surface area contributed by atoms with Gasteiger partial charge in [-0.1, -0.05) is 20.8 Å². The van der Waals surface area contributed by atoms with Crippen LogP contribution < -0.4 is 0 Å². The highest BCUT2D eigenvalue weighted by Gasteiger charge is 2.17. The van der Waals surface area contributed by atoms with E-state index in [1.165, 1.54) is 9.88 Å². The molecule has 1 rings (SSSR count). The van der Waals surface area contributed by atoms with E-state index in [0.717, 1.165) is 0 Å². The zero-order valence-electron chi connectivity index (χ0n) is 8.05. The normalized spacial score (nSPS) is 12.0. The van der Waals surface area contributed by atoms with Crippen LogP contribution in [-0.2, 0) is 16.8 Å². The molecular formula is C9H15NOS. The van der Waals surface area contributed by atoms with Crippen molar-refractivity contribution in [1.29, 1.82) is 0 Å². The van der Waals surface area contributed by atoms with E-state index in [9.17, 15) is 0 Å². The van der Waals surface area contributed by atoms with E-state index in [1.807, 2.05) is 6.20 Å². The van der Waals surface area contributed by atoms with E-state index in [-0.39, 0.29) is 5.41 Å². The lowest BCUT2D eigenvalue weighted by molar-refractivity contribution is 0.187. The van der Waals surface area contributed by atoms with Gasteiger partial charge in [0.25, 0.3) is 0 Å². The summed E-state index contributed by atoms with van der Waals surface area (Å²) in [5, 5.41) is 1.18. The molecule has 2 nitrogen and oxygen atoms in total. The standard InChI is InChI=1S/C9H15NOS/c1-9(2,3)8-10-5-7(12-8)6-11-4/h5H,6H2,1-4H3. The van der Waals surface area contributed by atoms with Crippen molar-refractivity contribution in [2.75, 3.05) is 7.11 Å². The van der Waals surface area contributed by atoms with Gasteiger partial charge in [-0.2, -0.15) is 0 Å². The van der Waals surface area contributed by atoms with E-state index in [4.69, 9.17) is 4.74 Å². The molecule has 12 heavy (non-hydrogen) atoms. The molecule has 0 aliphatic rings. The molecule has 1 aromatic rings. The molecule has 0 amide bonds. The van der Waals surface area contributed by atoms with Crippen molar-refractivity contribution >= 4 is 11.3 Å². The maximum Gasteiger partial charge on any atom is 0.0982 e. The Labute approximate surface area is 77.6 Å². The third kappa shape index (κ3) is 2.29. The Hall–Kier alpha value is -0.410. The maximum atomic E-state index is 5.02. The fourth-order valence-corrected chi connectivity index (χ4v) is 1.81. The summed E-state index contributed by atoms with van der Waals surface area (Å²) in [6.45, 7) is 7.18. The Morgan fingerprint density at radius 1 is 1.50 bits per heavy atom. The summed E-state index contributed by atoms with van der Waals surface area (Å²) in [5.74, 6) is 0. The number of hydrogen-bond acceptors (Lipinski definition) is 3. The van der Waals surface area contributed by atoms with E-state index >= 15 is 0 Å². The van der Waals surface area contributed by atoms with Crippen LogP contribution >= 0.6 is 11.3 Å². The first kappa shape index (κ1) is 9.68. The van der Waals surface area contributed by atoms with Crippen molar-refractivity contribution in [2.24, 2.45) is 0 Å². The van der Waals surface area contributed by atoms with Crippen LogP contribution in [0.1, 0.15) is 30.7 Å². The average molecular weight is 185 g/mol. The van der Waals surface area contributed by atoms with Gasteiger partial charge in [0.2, 0.25) is 0 Å². The van der Waals surface area contributed by atoms with Crippen LogP contribution in [-0.4, -0.2) is 12.1 Å². The minimum Gasteiger partial charge on any atom is -0.379 e. The Kier molecular flexibility index (Phi) is 2.85. The topological polar surface area (TPSA) is 22.1 Å². The van der Waals surface area contributed by atoms with Crippen molar-refractivity contribution in [2.45, 2.75) is 32.8 Å². The first-order chi connectivity index (χ1) is 5.54. The van der Waals surface area contributed by atoms with Crippen molar-refractivity contribution in [1.82, 2.24) is 4.98 Å². The highest BCUT2D eigenvalue weighted by atomic mass is 32.1. The summed E-state index contributed by atoms with van der Waals surface area (Å²) in [7, 11) is 1.70. The maximum absolute atomic E-state index is 5.02. The van der Waals surface area contributed by atoms with Crippen LogP contribution in [0.3, 0.4) is 0 Å². The Bertz CT molecular complexity index is 249. The average Bonchev–Trinajstić information content (AvgIpc) is 2.35. The second-order valence-electron chi connectivity index (χ2n) is 3.81. The summed E-state index contributed by atoms with van der Waals surface area (Å²) < 4.78 is 5.02. The molecular weight excluding hydrogens is 170 g/mol. The van der Waals surface area contributed by atoms with Gasteiger partial charge in [-0.05, 0) is 0 Å². The van der Waals surface area contributed by atoms with Gasteiger partial charge < -0.3 is 4.74 Å². The van der Waals surface area contributed by atoms with Crippen molar-refractivity contribution in [3.05, 3.63) is 16.1 Å². The minimum absolute atomic E-state index is 0.163. The lowest BCUT2D eigenvalue weighted by Crippen LogP contribution is -2.09. The number of hydrogen-bond donors (Lipinski definition) is 0. The third-order valence-electron chi connectivity index (χ3n) is 1.48. The molecule has 68 valence electrons. The van der Waals surface area contributed by atoms with Gasteiger partial charge in [0.15, 0.2) is 0 Å². The molecule has 1 aromatic heterocycles. The predicted octanol–water partition coefficient (Wildman–Crippen LogP) is 2.59. The molecule has 0 aliphatic heterocycles. The van der Waals surface area contributed by atoms with Crippen molar-refractivity contribution in [3.8, 4) is 0 Å². The van der Waals surface area contributed by atoms with Crippen LogP contribution in [0.15, 0.2) is 6.20 Å².